The fourth-order valence-electron chi connectivity index (χ4n) is 1.36. The fraction of sp³-hybridized carbons (Fsp3) is 0.364. The number of hydrogen-bond donors (Lipinski definition) is 1. The Morgan fingerprint density at radius 3 is 2.36 bits per heavy atom. The van der Waals surface area contributed by atoms with Gasteiger partial charge in [-0.15, -0.1) is 0 Å². The maximum atomic E-state index is 7.97. The van der Waals surface area contributed by atoms with Gasteiger partial charge in [0.25, 0.3) is 0 Å². The molecule has 0 heterocycles. The van der Waals surface area contributed by atoms with E-state index in [9.17, 15) is 0 Å². The highest BCUT2D eigenvalue weighted by molar-refractivity contribution is 6.33. The first kappa shape index (κ1) is 11.1. The van der Waals surface area contributed by atoms with Gasteiger partial charge in [-0.25, -0.2) is 0 Å². The minimum absolute atomic E-state index is 0.501. The minimum Gasteiger partial charge on any atom is -0.357 e. The maximum Gasteiger partial charge on any atom is 0.129 e. The Labute approximate surface area is 90.0 Å². The van der Waals surface area contributed by atoms with Gasteiger partial charge < -0.3 is 4.90 Å². The number of benzene rings is 1. The summed E-state index contributed by atoms with van der Waals surface area (Å²) in [5.41, 5.74) is 0.804. The standard InChI is InChI=1S/C11H15ClN2/c1-3-14(4-2)11(13)9-7-5-6-8-10(9)12/h5-8,13H,3-4H2,1-2H3. The van der Waals surface area contributed by atoms with E-state index in [2.05, 4.69) is 0 Å². The van der Waals surface area contributed by atoms with Gasteiger partial charge in [0.1, 0.15) is 5.84 Å². The molecule has 1 N–H and O–H groups in total. The smallest absolute Gasteiger partial charge is 0.129 e. The van der Waals surface area contributed by atoms with Crippen molar-refractivity contribution in [3.8, 4) is 0 Å². The molecule has 76 valence electrons. The summed E-state index contributed by atoms with van der Waals surface area (Å²) in [6, 6.07) is 7.47. The molecule has 0 atom stereocenters. The van der Waals surface area contributed by atoms with Crippen molar-refractivity contribution < 1.29 is 0 Å². The molecule has 1 rings (SSSR count). The lowest BCUT2D eigenvalue weighted by Gasteiger charge is -2.22. The zero-order chi connectivity index (χ0) is 10.6. The molecule has 0 fully saturated rings. The lowest BCUT2D eigenvalue weighted by Crippen LogP contribution is -2.30. The molecular weight excluding hydrogens is 196 g/mol. The molecule has 0 aromatic heterocycles. The number of hydrogen-bond acceptors (Lipinski definition) is 1. The summed E-state index contributed by atoms with van der Waals surface area (Å²) in [5, 5.41) is 8.61. The number of nitrogens with one attached hydrogen (secondary N) is 1. The van der Waals surface area contributed by atoms with E-state index in [-0.39, 0.29) is 0 Å². The van der Waals surface area contributed by atoms with Crippen molar-refractivity contribution in [1.29, 1.82) is 5.41 Å². The third-order valence-electron chi connectivity index (χ3n) is 2.21. The molecule has 0 saturated carbocycles. The summed E-state index contributed by atoms with van der Waals surface area (Å²) in [7, 11) is 0. The third kappa shape index (κ3) is 2.26. The highest BCUT2D eigenvalue weighted by atomic mass is 35.5. The average Bonchev–Trinajstić information content (AvgIpc) is 2.20. The molecule has 0 unspecified atom stereocenters. The van der Waals surface area contributed by atoms with Crippen molar-refractivity contribution in [2.75, 3.05) is 13.1 Å². The molecule has 0 radical (unpaired) electrons. The Kier molecular flexibility index (Phi) is 3.96. The van der Waals surface area contributed by atoms with E-state index in [1.165, 1.54) is 0 Å². The number of amidine groups is 1. The van der Waals surface area contributed by atoms with Crippen LogP contribution in [0.25, 0.3) is 0 Å². The topological polar surface area (TPSA) is 27.1 Å². The number of nitrogens with zero attached hydrogens (tertiary/aromatic N) is 1. The molecule has 0 aliphatic carbocycles. The van der Waals surface area contributed by atoms with Crippen LogP contribution < -0.4 is 0 Å². The Hall–Kier alpha value is -1.02. The largest absolute Gasteiger partial charge is 0.357 e. The Bertz CT molecular complexity index is 319. The first-order valence-electron chi connectivity index (χ1n) is 4.79. The van der Waals surface area contributed by atoms with Gasteiger partial charge in [0, 0.05) is 18.7 Å². The molecule has 0 amide bonds. The van der Waals surface area contributed by atoms with Crippen LogP contribution in [-0.2, 0) is 0 Å². The van der Waals surface area contributed by atoms with E-state index in [1.54, 1.807) is 0 Å². The molecule has 0 aliphatic rings. The molecule has 0 bridgehead atoms. The summed E-state index contributed by atoms with van der Waals surface area (Å²) in [6.45, 7) is 5.74. The Morgan fingerprint density at radius 1 is 1.29 bits per heavy atom. The van der Waals surface area contributed by atoms with Crippen molar-refractivity contribution in [1.82, 2.24) is 4.90 Å². The Morgan fingerprint density at radius 2 is 1.86 bits per heavy atom. The van der Waals surface area contributed by atoms with Crippen LogP contribution in [-0.4, -0.2) is 23.8 Å². The third-order valence-corrected chi connectivity index (χ3v) is 2.54. The number of halogens is 1. The van der Waals surface area contributed by atoms with Crippen molar-refractivity contribution in [3.05, 3.63) is 34.9 Å². The van der Waals surface area contributed by atoms with Gasteiger partial charge in [0.15, 0.2) is 0 Å². The van der Waals surface area contributed by atoms with E-state index < -0.39 is 0 Å². The second-order valence-electron chi connectivity index (χ2n) is 3.00. The predicted molar refractivity (Wildman–Crippen MR) is 61.2 cm³/mol. The first-order chi connectivity index (χ1) is 6.70. The van der Waals surface area contributed by atoms with Crippen LogP contribution in [0.3, 0.4) is 0 Å². The molecule has 1 aromatic carbocycles. The van der Waals surface area contributed by atoms with Crippen LogP contribution in [0.2, 0.25) is 5.02 Å². The van der Waals surface area contributed by atoms with Gasteiger partial charge in [-0.05, 0) is 26.0 Å². The van der Waals surface area contributed by atoms with Gasteiger partial charge in [-0.3, -0.25) is 5.41 Å². The average molecular weight is 211 g/mol. The van der Waals surface area contributed by atoms with Gasteiger partial charge in [0.2, 0.25) is 0 Å². The molecule has 14 heavy (non-hydrogen) atoms. The van der Waals surface area contributed by atoms with Crippen LogP contribution >= 0.6 is 11.6 Å². The van der Waals surface area contributed by atoms with Gasteiger partial charge >= 0.3 is 0 Å². The van der Waals surface area contributed by atoms with E-state index in [1.807, 2.05) is 43.0 Å². The second-order valence-corrected chi connectivity index (χ2v) is 3.41. The van der Waals surface area contributed by atoms with Gasteiger partial charge in [-0.2, -0.15) is 0 Å². The van der Waals surface area contributed by atoms with Crippen molar-refractivity contribution in [2.24, 2.45) is 0 Å². The van der Waals surface area contributed by atoms with Crippen LogP contribution in [0.15, 0.2) is 24.3 Å². The molecular formula is C11H15ClN2. The minimum atomic E-state index is 0.501. The molecule has 0 aliphatic heterocycles. The monoisotopic (exact) mass is 210 g/mol. The Balaban J connectivity index is 2.94. The lowest BCUT2D eigenvalue weighted by atomic mass is 10.2. The van der Waals surface area contributed by atoms with Gasteiger partial charge in [-0.1, -0.05) is 23.7 Å². The molecule has 3 heteroatoms. The quantitative estimate of drug-likeness (QED) is 0.603. The van der Waals surface area contributed by atoms with Crippen LogP contribution in [0.1, 0.15) is 19.4 Å². The summed E-state index contributed by atoms with van der Waals surface area (Å²) in [6.07, 6.45) is 0. The summed E-state index contributed by atoms with van der Waals surface area (Å²) in [5.74, 6) is 0.501. The van der Waals surface area contributed by atoms with Crippen LogP contribution in [0.4, 0.5) is 0 Å². The number of rotatable bonds is 3. The maximum absolute atomic E-state index is 7.97. The summed E-state index contributed by atoms with van der Waals surface area (Å²) < 4.78 is 0. The van der Waals surface area contributed by atoms with Crippen molar-refractivity contribution in [3.63, 3.8) is 0 Å². The van der Waals surface area contributed by atoms with Crippen LogP contribution in [0.5, 0.6) is 0 Å². The van der Waals surface area contributed by atoms with Crippen molar-refractivity contribution >= 4 is 17.4 Å². The van der Waals surface area contributed by atoms with E-state index in [0.29, 0.717) is 10.9 Å². The summed E-state index contributed by atoms with van der Waals surface area (Å²) in [4.78, 5) is 1.97. The molecule has 1 aromatic rings. The van der Waals surface area contributed by atoms with E-state index >= 15 is 0 Å². The van der Waals surface area contributed by atoms with Gasteiger partial charge in [0.05, 0.1) is 5.02 Å². The SMILES string of the molecule is CCN(CC)C(=N)c1ccccc1Cl. The second kappa shape index (κ2) is 5.01. The first-order valence-corrected chi connectivity index (χ1v) is 5.16. The van der Waals surface area contributed by atoms with Crippen molar-refractivity contribution in [2.45, 2.75) is 13.8 Å². The predicted octanol–water partition coefficient (Wildman–Crippen LogP) is 3.01. The normalized spacial score (nSPS) is 9.93. The van der Waals surface area contributed by atoms with Crippen LogP contribution in [0, 0.1) is 5.41 Å². The molecule has 2 nitrogen and oxygen atoms in total. The molecule has 0 saturated heterocycles. The van der Waals surface area contributed by atoms with E-state index in [4.69, 9.17) is 17.0 Å². The molecule has 0 spiro atoms. The zero-order valence-electron chi connectivity index (χ0n) is 8.55. The fourth-order valence-corrected chi connectivity index (χ4v) is 1.59. The highest BCUT2D eigenvalue weighted by Crippen LogP contribution is 2.16. The van der Waals surface area contributed by atoms with E-state index in [0.717, 1.165) is 18.7 Å². The zero-order valence-corrected chi connectivity index (χ0v) is 9.30. The highest BCUT2D eigenvalue weighted by Gasteiger charge is 2.10. The lowest BCUT2D eigenvalue weighted by molar-refractivity contribution is 0.463. The summed E-state index contributed by atoms with van der Waals surface area (Å²) >= 11 is 6.01.